The molecular formula is C18H24N4O3S2. The highest BCUT2D eigenvalue weighted by molar-refractivity contribution is 7.99. The Morgan fingerprint density at radius 3 is 2.67 bits per heavy atom. The molecule has 0 spiro atoms. The number of hydrogen-bond donors (Lipinski definition) is 1. The summed E-state index contributed by atoms with van der Waals surface area (Å²) in [4.78, 5) is 12.2. The van der Waals surface area contributed by atoms with E-state index >= 15 is 0 Å². The standard InChI is InChI=1S/C18H24N4O3S2/c1-3-13-4-6-15(7-5-13)19-17(23)11-26-18-21-20-16(22(18)2)10-14-8-9-27(24,25)12-14/h4-7,14H,3,8-12H2,1-2H3,(H,19,23)/t14-/m0/s1. The fraction of sp³-hybridized carbons (Fsp3) is 0.500. The van der Waals surface area contributed by atoms with Crippen LogP contribution in [0.1, 0.15) is 24.7 Å². The molecule has 0 unspecified atom stereocenters. The molecule has 1 aliphatic heterocycles. The van der Waals surface area contributed by atoms with Crippen molar-refractivity contribution in [3.63, 3.8) is 0 Å². The number of nitrogens with one attached hydrogen (secondary N) is 1. The van der Waals surface area contributed by atoms with Crippen LogP contribution in [0, 0.1) is 5.92 Å². The highest BCUT2D eigenvalue weighted by atomic mass is 32.2. The fourth-order valence-corrected chi connectivity index (χ4v) is 5.68. The molecule has 146 valence electrons. The van der Waals surface area contributed by atoms with E-state index in [9.17, 15) is 13.2 Å². The minimum absolute atomic E-state index is 0.101. The molecular weight excluding hydrogens is 384 g/mol. The van der Waals surface area contributed by atoms with E-state index in [-0.39, 0.29) is 29.1 Å². The van der Waals surface area contributed by atoms with E-state index in [2.05, 4.69) is 22.4 Å². The van der Waals surface area contributed by atoms with Gasteiger partial charge in [-0.3, -0.25) is 4.79 Å². The summed E-state index contributed by atoms with van der Waals surface area (Å²) in [5.41, 5.74) is 2.00. The summed E-state index contributed by atoms with van der Waals surface area (Å²) in [6.45, 7) is 2.09. The summed E-state index contributed by atoms with van der Waals surface area (Å²) in [6.07, 6.45) is 2.24. The Morgan fingerprint density at radius 1 is 1.30 bits per heavy atom. The predicted molar refractivity (Wildman–Crippen MR) is 107 cm³/mol. The lowest BCUT2D eigenvalue weighted by Crippen LogP contribution is -2.14. The van der Waals surface area contributed by atoms with Gasteiger partial charge >= 0.3 is 0 Å². The minimum Gasteiger partial charge on any atom is -0.325 e. The van der Waals surface area contributed by atoms with Crippen molar-refractivity contribution >= 4 is 33.2 Å². The maximum absolute atomic E-state index is 12.2. The highest BCUT2D eigenvalue weighted by Crippen LogP contribution is 2.24. The van der Waals surface area contributed by atoms with Gasteiger partial charge in [0, 0.05) is 19.2 Å². The number of thioether (sulfide) groups is 1. The Hall–Kier alpha value is -1.87. The van der Waals surface area contributed by atoms with Crippen molar-refractivity contribution < 1.29 is 13.2 Å². The van der Waals surface area contributed by atoms with Crippen molar-refractivity contribution in [2.24, 2.45) is 13.0 Å². The van der Waals surface area contributed by atoms with E-state index in [0.29, 0.717) is 18.0 Å². The smallest absolute Gasteiger partial charge is 0.234 e. The van der Waals surface area contributed by atoms with Crippen molar-refractivity contribution in [3.05, 3.63) is 35.7 Å². The number of sulfone groups is 1. The van der Waals surface area contributed by atoms with Crippen LogP contribution in [0.2, 0.25) is 0 Å². The Balaban J connectivity index is 1.52. The van der Waals surface area contributed by atoms with Gasteiger partial charge in [0.15, 0.2) is 15.0 Å². The van der Waals surface area contributed by atoms with Crippen LogP contribution in [-0.2, 0) is 34.5 Å². The van der Waals surface area contributed by atoms with Crippen molar-refractivity contribution in [2.45, 2.75) is 31.3 Å². The van der Waals surface area contributed by atoms with Gasteiger partial charge in [-0.1, -0.05) is 30.8 Å². The number of carbonyl (C=O) groups is 1. The van der Waals surface area contributed by atoms with Gasteiger partial charge in [0.25, 0.3) is 0 Å². The van der Waals surface area contributed by atoms with Gasteiger partial charge in [-0.2, -0.15) is 0 Å². The number of benzene rings is 1. The molecule has 3 rings (SSSR count). The number of aryl methyl sites for hydroxylation is 1. The lowest BCUT2D eigenvalue weighted by molar-refractivity contribution is -0.113. The van der Waals surface area contributed by atoms with E-state index < -0.39 is 9.84 Å². The molecule has 1 fully saturated rings. The first kappa shape index (κ1) is 19.9. The van der Waals surface area contributed by atoms with Crippen LogP contribution in [0.15, 0.2) is 29.4 Å². The van der Waals surface area contributed by atoms with Crippen LogP contribution in [-0.4, -0.2) is 46.3 Å². The van der Waals surface area contributed by atoms with Crippen LogP contribution >= 0.6 is 11.8 Å². The van der Waals surface area contributed by atoms with Gasteiger partial charge in [0.2, 0.25) is 5.91 Å². The molecule has 0 radical (unpaired) electrons. The number of anilines is 1. The molecule has 7 nitrogen and oxygen atoms in total. The van der Waals surface area contributed by atoms with Crippen LogP contribution in [0.25, 0.3) is 0 Å². The number of carbonyl (C=O) groups excluding carboxylic acids is 1. The molecule has 1 N–H and O–H groups in total. The van der Waals surface area contributed by atoms with Crippen molar-refractivity contribution in [1.82, 2.24) is 14.8 Å². The lowest BCUT2D eigenvalue weighted by Gasteiger charge is -2.08. The fourth-order valence-electron chi connectivity index (χ4n) is 3.09. The van der Waals surface area contributed by atoms with Crippen molar-refractivity contribution in [1.29, 1.82) is 0 Å². The van der Waals surface area contributed by atoms with Crippen LogP contribution in [0.3, 0.4) is 0 Å². The van der Waals surface area contributed by atoms with Crippen molar-refractivity contribution in [3.8, 4) is 0 Å². The lowest BCUT2D eigenvalue weighted by atomic mass is 10.1. The molecule has 1 aromatic carbocycles. The third-order valence-electron chi connectivity index (χ3n) is 4.70. The summed E-state index contributed by atoms with van der Waals surface area (Å²) in [5.74, 6) is 1.48. The maximum atomic E-state index is 12.2. The first-order valence-corrected chi connectivity index (χ1v) is 11.8. The monoisotopic (exact) mass is 408 g/mol. The molecule has 27 heavy (non-hydrogen) atoms. The van der Waals surface area contributed by atoms with E-state index in [1.165, 1.54) is 17.3 Å². The minimum atomic E-state index is -2.89. The van der Waals surface area contributed by atoms with Crippen LogP contribution in [0.4, 0.5) is 5.69 Å². The average Bonchev–Trinajstić information content (AvgIpc) is 3.16. The summed E-state index contributed by atoms with van der Waals surface area (Å²) in [6, 6.07) is 7.80. The van der Waals surface area contributed by atoms with Gasteiger partial charge in [0.1, 0.15) is 5.82 Å². The molecule has 0 aliphatic carbocycles. The quantitative estimate of drug-likeness (QED) is 0.705. The second kappa shape index (κ2) is 8.43. The molecule has 2 aromatic rings. The largest absolute Gasteiger partial charge is 0.325 e. The van der Waals surface area contributed by atoms with Crippen LogP contribution < -0.4 is 5.32 Å². The summed E-state index contributed by atoms with van der Waals surface area (Å²) < 4.78 is 25.0. The van der Waals surface area contributed by atoms with E-state index in [1.54, 1.807) is 0 Å². The number of nitrogens with zero attached hydrogens (tertiary/aromatic N) is 3. The molecule has 1 aliphatic rings. The Bertz CT molecular complexity index is 907. The first-order valence-electron chi connectivity index (χ1n) is 8.96. The van der Waals surface area contributed by atoms with Crippen LogP contribution in [0.5, 0.6) is 0 Å². The van der Waals surface area contributed by atoms with Gasteiger partial charge in [-0.25, -0.2) is 8.42 Å². The molecule has 0 bridgehead atoms. The number of amides is 1. The summed E-state index contributed by atoms with van der Waals surface area (Å²) >= 11 is 1.32. The molecule has 1 amide bonds. The predicted octanol–water partition coefficient (Wildman–Crippen LogP) is 2.09. The Labute approximate surface area is 163 Å². The first-order chi connectivity index (χ1) is 12.9. The van der Waals surface area contributed by atoms with Crippen molar-refractivity contribution in [2.75, 3.05) is 22.6 Å². The van der Waals surface area contributed by atoms with Gasteiger partial charge in [-0.15, -0.1) is 10.2 Å². The molecule has 0 saturated carbocycles. The third kappa shape index (κ3) is 5.32. The van der Waals surface area contributed by atoms with Gasteiger partial charge < -0.3 is 9.88 Å². The Morgan fingerprint density at radius 2 is 2.04 bits per heavy atom. The molecule has 1 saturated heterocycles. The highest BCUT2D eigenvalue weighted by Gasteiger charge is 2.29. The molecule has 9 heteroatoms. The summed E-state index contributed by atoms with van der Waals surface area (Å²) in [7, 11) is -1.04. The normalized spacial score (nSPS) is 18.5. The zero-order valence-corrected chi connectivity index (χ0v) is 17.1. The zero-order chi connectivity index (χ0) is 19.4. The second-order valence-corrected chi connectivity index (χ2v) is 9.99. The van der Waals surface area contributed by atoms with E-state index in [4.69, 9.17) is 0 Å². The van der Waals surface area contributed by atoms with E-state index in [1.807, 2.05) is 35.9 Å². The van der Waals surface area contributed by atoms with Gasteiger partial charge in [-0.05, 0) is 36.5 Å². The SMILES string of the molecule is CCc1ccc(NC(=O)CSc2nnc(C[C@@H]3CCS(=O)(=O)C3)n2C)cc1. The number of hydrogen-bond acceptors (Lipinski definition) is 6. The summed E-state index contributed by atoms with van der Waals surface area (Å²) in [5, 5.41) is 11.8. The maximum Gasteiger partial charge on any atom is 0.234 e. The van der Waals surface area contributed by atoms with Gasteiger partial charge in [0.05, 0.1) is 17.3 Å². The third-order valence-corrected chi connectivity index (χ3v) is 7.56. The zero-order valence-electron chi connectivity index (χ0n) is 15.5. The average molecular weight is 409 g/mol. The second-order valence-electron chi connectivity index (χ2n) is 6.82. The topological polar surface area (TPSA) is 94.0 Å². The van der Waals surface area contributed by atoms with E-state index in [0.717, 1.165) is 17.9 Å². The number of aromatic nitrogens is 3. The molecule has 2 heterocycles. The number of rotatable bonds is 7. The Kier molecular flexibility index (Phi) is 6.21. The molecule has 1 aromatic heterocycles. The molecule has 1 atom stereocenters.